The maximum Gasteiger partial charge on any atom is 0.207 e. The van der Waals surface area contributed by atoms with E-state index < -0.39 is 0 Å². The van der Waals surface area contributed by atoms with Crippen LogP contribution in [0.25, 0.3) is 6.08 Å². The van der Waals surface area contributed by atoms with E-state index in [2.05, 4.69) is 0 Å². The first-order chi connectivity index (χ1) is 8.52. The molecule has 18 heavy (non-hydrogen) atoms. The van der Waals surface area contributed by atoms with Crippen LogP contribution in [-0.4, -0.2) is 26.9 Å². The maximum atomic E-state index is 5.94. The molecule has 0 unspecified atom stereocenters. The second-order valence-corrected chi connectivity index (χ2v) is 4.60. The molecule has 1 heterocycles. The van der Waals surface area contributed by atoms with Gasteiger partial charge in [-0.15, -0.1) is 0 Å². The summed E-state index contributed by atoms with van der Waals surface area (Å²) in [5, 5.41) is 0. The Bertz CT molecular complexity index is 489. The van der Waals surface area contributed by atoms with Crippen LogP contribution in [0.1, 0.15) is 19.4 Å². The van der Waals surface area contributed by atoms with E-state index in [1.165, 1.54) is 0 Å². The Balaban J connectivity index is 2.65. The minimum absolute atomic E-state index is 0.361. The van der Waals surface area contributed by atoms with Gasteiger partial charge in [-0.1, -0.05) is 6.08 Å². The van der Waals surface area contributed by atoms with Gasteiger partial charge in [0.15, 0.2) is 11.5 Å². The molecule has 0 spiro atoms. The molecule has 1 aromatic carbocycles. The van der Waals surface area contributed by atoms with Gasteiger partial charge in [-0.2, -0.15) is 0 Å². The molecule has 0 N–H and O–H groups in total. The van der Waals surface area contributed by atoms with E-state index in [4.69, 9.17) is 18.9 Å². The van der Waals surface area contributed by atoms with Gasteiger partial charge in [-0.3, -0.25) is 0 Å². The molecule has 0 saturated carbocycles. The molecule has 0 fully saturated rings. The number of benzene rings is 1. The maximum absolute atomic E-state index is 5.94. The summed E-state index contributed by atoms with van der Waals surface area (Å²) >= 11 is 0. The lowest BCUT2D eigenvalue weighted by molar-refractivity contribution is 0.150. The van der Waals surface area contributed by atoms with Crippen LogP contribution in [0, 0.1) is 0 Å². The van der Waals surface area contributed by atoms with Crippen LogP contribution in [0.5, 0.6) is 23.0 Å². The van der Waals surface area contributed by atoms with Crippen LogP contribution in [-0.2, 0) is 0 Å². The SMILES string of the molecule is COc1cc2c(c(OC)c1OC)OC(C)(C)C=C2. The van der Waals surface area contributed by atoms with Crippen molar-refractivity contribution < 1.29 is 18.9 Å². The third-order valence-corrected chi connectivity index (χ3v) is 2.84. The summed E-state index contributed by atoms with van der Waals surface area (Å²) in [5.41, 5.74) is 0.559. The molecule has 98 valence electrons. The van der Waals surface area contributed by atoms with Crippen molar-refractivity contribution in [2.24, 2.45) is 0 Å². The Morgan fingerprint density at radius 2 is 1.67 bits per heavy atom. The average molecular weight is 250 g/mol. The van der Waals surface area contributed by atoms with Crippen molar-refractivity contribution in [2.45, 2.75) is 19.4 Å². The van der Waals surface area contributed by atoms with E-state index in [9.17, 15) is 0 Å². The highest BCUT2D eigenvalue weighted by Gasteiger charge is 2.28. The highest BCUT2D eigenvalue weighted by Crippen LogP contribution is 2.49. The normalized spacial score (nSPS) is 15.6. The first-order valence-corrected chi connectivity index (χ1v) is 5.73. The first kappa shape index (κ1) is 12.6. The first-order valence-electron chi connectivity index (χ1n) is 5.73. The third kappa shape index (κ3) is 1.98. The molecule has 0 aliphatic carbocycles. The summed E-state index contributed by atoms with van der Waals surface area (Å²) in [6.45, 7) is 3.98. The Kier molecular flexibility index (Phi) is 3.11. The van der Waals surface area contributed by atoms with Crippen molar-refractivity contribution in [2.75, 3.05) is 21.3 Å². The number of ether oxygens (including phenoxy) is 4. The summed E-state index contributed by atoms with van der Waals surface area (Å²) in [4.78, 5) is 0. The largest absolute Gasteiger partial charge is 0.493 e. The number of rotatable bonds is 3. The minimum Gasteiger partial charge on any atom is -0.493 e. The van der Waals surface area contributed by atoms with E-state index in [1.54, 1.807) is 21.3 Å². The monoisotopic (exact) mass is 250 g/mol. The van der Waals surface area contributed by atoms with Gasteiger partial charge in [0.05, 0.1) is 21.3 Å². The van der Waals surface area contributed by atoms with Crippen LogP contribution in [0.3, 0.4) is 0 Å². The Morgan fingerprint density at radius 3 is 2.22 bits per heavy atom. The highest BCUT2D eigenvalue weighted by atomic mass is 16.6. The van der Waals surface area contributed by atoms with Gasteiger partial charge >= 0.3 is 0 Å². The van der Waals surface area contributed by atoms with Crippen LogP contribution >= 0.6 is 0 Å². The fourth-order valence-electron chi connectivity index (χ4n) is 1.97. The zero-order valence-electron chi connectivity index (χ0n) is 11.4. The number of hydrogen-bond donors (Lipinski definition) is 0. The van der Waals surface area contributed by atoms with Crippen LogP contribution in [0.2, 0.25) is 0 Å². The minimum atomic E-state index is -0.361. The molecule has 1 aliphatic heterocycles. The van der Waals surface area contributed by atoms with Gasteiger partial charge in [-0.05, 0) is 26.0 Å². The lowest BCUT2D eigenvalue weighted by Crippen LogP contribution is -2.27. The molecule has 0 bridgehead atoms. The van der Waals surface area contributed by atoms with Crippen molar-refractivity contribution in [3.05, 3.63) is 17.7 Å². The molecule has 4 nitrogen and oxygen atoms in total. The van der Waals surface area contributed by atoms with E-state index in [0.717, 1.165) is 5.56 Å². The van der Waals surface area contributed by atoms with Crippen molar-refractivity contribution in [1.29, 1.82) is 0 Å². The summed E-state index contributed by atoms with van der Waals surface area (Å²) in [5.74, 6) is 2.41. The second kappa shape index (κ2) is 4.44. The van der Waals surface area contributed by atoms with Crippen molar-refractivity contribution in [3.8, 4) is 23.0 Å². The third-order valence-electron chi connectivity index (χ3n) is 2.84. The molecule has 0 radical (unpaired) electrons. The number of hydrogen-bond acceptors (Lipinski definition) is 4. The highest BCUT2D eigenvalue weighted by molar-refractivity contribution is 5.72. The van der Waals surface area contributed by atoms with Gasteiger partial charge in [0.25, 0.3) is 0 Å². The molecule has 0 saturated heterocycles. The zero-order chi connectivity index (χ0) is 13.3. The summed E-state index contributed by atoms with van der Waals surface area (Å²) < 4.78 is 22.0. The second-order valence-electron chi connectivity index (χ2n) is 4.60. The van der Waals surface area contributed by atoms with Gasteiger partial charge < -0.3 is 18.9 Å². The molecule has 0 atom stereocenters. The standard InChI is InChI=1S/C14H18O4/c1-14(2)7-6-9-8-10(15-3)12(16-4)13(17-5)11(9)18-14/h6-8H,1-5H3. The Labute approximate surface area is 107 Å². The fourth-order valence-corrected chi connectivity index (χ4v) is 1.97. The van der Waals surface area contributed by atoms with Crippen molar-refractivity contribution in [3.63, 3.8) is 0 Å². The summed E-state index contributed by atoms with van der Waals surface area (Å²) in [6, 6.07) is 1.88. The van der Waals surface area contributed by atoms with E-state index in [-0.39, 0.29) is 5.60 Å². The van der Waals surface area contributed by atoms with Gasteiger partial charge in [-0.25, -0.2) is 0 Å². The van der Waals surface area contributed by atoms with Gasteiger partial charge in [0, 0.05) is 5.56 Å². The summed E-state index contributed by atoms with van der Waals surface area (Å²) in [6.07, 6.45) is 4.00. The molecule has 1 aromatic rings. The summed E-state index contributed by atoms with van der Waals surface area (Å²) in [7, 11) is 4.77. The number of methoxy groups -OCH3 is 3. The molecule has 0 aromatic heterocycles. The fraction of sp³-hybridized carbons (Fsp3) is 0.429. The molecule has 4 heteroatoms. The number of fused-ring (bicyclic) bond motifs is 1. The molecule has 0 amide bonds. The van der Waals surface area contributed by atoms with Crippen LogP contribution in [0.15, 0.2) is 12.1 Å². The lowest BCUT2D eigenvalue weighted by atomic mass is 10.0. The van der Waals surface area contributed by atoms with Crippen LogP contribution in [0.4, 0.5) is 0 Å². The zero-order valence-corrected chi connectivity index (χ0v) is 11.4. The Hall–Kier alpha value is -1.84. The van der Waals surface area contributed by atoms with Gasteiger partial charge in [0.1, 0.15) is 5.60 Å². The van der Waals surface area contributed by atoms with Gasteiger partial charge in [0.2, 0.25) is 11.5 Å². The average Bonchev–Trinajstić information content (AvgIpc) is 2.35. The molecule has 1 aliphatic rings. The molecular formula is C14H18O4. The van der Waals surface area contributed by atoms with Crippen molar-refractivity contribution in [1.82, 2.24) is 0 Å². The smallest absolute Gasteiger partial charge is 0.207 e. The van der Waals surface area contributed by atoms with E-state index >= 15 is 0 Å². The predicted octanol–water partition coefficient (Wildman–Crippen LogP) is 2.90. The topological polar surface area (TPSA) is 36.9 Å². The lowest BCUT2D eigenvalue weighted by Gasteiger charge is -2.30. The Morgan fingerprint density at radius 1 is 1.00 bits per heavy atom. The van der Waals surface area contributed by atoms with E-state index in [0.29, 0.717) is 23.0 Å². The van der Waals surface area contributed by atoms with Crippen molar-refractivity contribution >= 4 is 6.08 Å². The van der Waals surface area contributed by atoms with Crippen LogP contribution < -0.4 is 18.9 Å². The molecular weight excluding hydrogens is 232 g/mol. The van der Waals surface area contributed by atoms with E-state index in [1.807, 2.05) is 32.1 Å². The quantitative estimate of drug-likeness (QED) is 0.826. The predicted molar refractivity (Wildman–Crippen MR) is 69.8 cm³/mol. The molecule has 2 rings (SSSR count).